The fraction of sp³-hybridized carbons (Fsp3) is 0.424. The summed E-state index contributed by atoms with van der Waals surface area (Å²) in [5, 5.41) is 0. The average Bonchev–Trinajstić information content (AvgIpc) is 3.61. The first-order valence-electron chi connectivity index (χ1n) is 14.9. The summed E-state index contributed by atoms with van der Waals surface area (Å²) in [7, 11) is 2.74. The molecule has 3 aliphatic rings. The van der Waals surface area contributed by atoms with Crippen molar-refractivity contribution in [2.75, 3.05) is 40.3 Å². The summed E-state index contributed by atoms with van der Waals surface area (Å²) in [6.45, 7) is 6.78. The molecule has 228 valence electrons. The Morgan fingerprint density at radius 1 is 0.930 bits per heavy atom. The molecule has 0 spiro atoms. The van der Waals surface area contributed by atoms with Gasteiger partial charge in [0.15, 0.2) is 0 Å². The zero-order chi connectivity index (χ0) is 30.8. The van der Waals surface area contributed by atoms with Crippen LogP contribution in [0.3, 0.4) is 0 Å². The molecule has 43 heavy (non-hydrogen) atoms. The molecule has 0 saturated carbocycles. The number of carbonyl (C=O) groups is 3. The maximum absolute atomic E-state index is 12.0. The number of hydrogen-bond donors (Lipinski definition) is 0. The van der Waals surface area contributed by atoms with Gasteiger partial charge in [-0.15, -0.1) is 0 Å². The highest BCUT2D eigenvalue weighted by Gasteiger charge is 2.34. The fourth-order valence-corrected chi connectivity index (χ4v) is 5.21. The maximum atomic E-state index is 12.0. The number of likely N-dealkylation sites (N-methyl/N-ethyl adjacent to an activating group) is 1. The van der Waals surface area contributed by atoms with E-state index in [1.165, 1.54) is 25.9 Å². The summed E-state index contributed by atoms with van der Waals surface area (Å²) < 4.78 is 23.1. The van der Waals surface area contributed by atoms with E-state index in [4.69, 9.17) is 18.8 Å². The molecule has 2 aromatic carbocycles. The predicted octanol–water partition coefficient (Wildman–Crippen LogP) is 4.17. The van der Waals surface area contributed by atoms with Gasteiger partial charge < -0.3 is 23.7 Å². The Morgan fingerprint density at radius 2 is 1.53 bits per heavy atom. The van der Waals surface area contributed by atoms with Crippen LogP contribution in [0.1, 0.15) is 56.3 Å². The molecule has 0 amide bonds. The van der Waals surface area contributed by atoms with Crippen LogP contribution in [0.4, 0.5) is 0 Å². The van der Waals surface area contributed by atoms with E-state index in [0.29, 0.717) is 22.5 Å². The first-order valence-corrected chi connectivity index (χ1v) is 14.9. The lowest BCUT2D eigenvalue weighted by Crippen LogP contribution is -2.47. The van der Waals surface area contributed by atoms with E-state index in [1.807, 2.05) is 6.92 Å². The summed E-state index contributed by atoms with van der Waals surface area (Å²) in [5.41, 5.74) is 3.37. The van der Waals surface area contributed by atoms with Gasteiger partial charge in [0.1, 0.15) is 29.6 Å². The van der Waals surface area contributed by atoms with Crippen molar-refractivity contribution in [1.82, 2.24) is 9.80 Å². The number of aldehydes is 1. The highest BCUT2D eigenvalue weighted by atomic mass is 16.6. The van der Waals surface area contributed by atoms with Crippen LogP contribution in [0.2, 0.25) is 0 Å². The Labute approximate surface area is 254 Å². The quantitative estimate of drug-likeness (QED) is 0.256. The van der Waals surface area contributed by atoms with Crippen LogP contribution >= 0.6 is 0 Å². The molecule has 1 atom stereocenters. The van der Waals surface area contributed by atoms with Gasteiger partial charge in [-0.05, 0) is 120 Å². The van der Waals surface area contributed by atoms with E-state index in [2.05, 4.69) is 24.9 Å². The van der Waals surface area contributed by atoms with Crippen molar-refractivity contribution in [3.05, 3.63) is 77.1 Å². The minimum absolute atomic E-state index is 0.0185. The summed E-state index contributed by atoms with van der Waals surface area (Å²) in [6.07, 6.45) is 8.01. The van der Waals surface area contributed by atoms with E-state index in [1.54, 1.807) is 60.5 Å². The summed E-state index contributed by atoms with van der Waals surface area (Å²) in [5.74, 6) is 1.21. The summed E-state index contributed by atoms with van der Waals surface area (Å²) in [4.78, 5) is 38.9. The molecule has 9 nitrogen and oxygen atoms in total. The molecule has 2 heterocycles. The number of carbonyl (C=O) groups excluding carboxylic acids is 3. The molecule has 2 aromatic rings. The topological polar surface area (TPSA) is 94.6 Å². The monoisotopic (exact) mass is 588 g/mol. The van der Waals surface area contributed by atoms with Gasteiger partial charge >= 0.3 is 19.1 Å². The largest absolute Gasteiger partial charge is 0.636 e. The lowest BCUT2D eigenvalue weighted by atomic mass is 9.78. The minimum atomic E-state index is -1.08. The van der Waals surface area contributed by atoms with Crippen LogP contribution in [-0.4, -0.2) is 81.5 Å². The molecule has 5 rings (SSSR count). The van der Waals surface area contributed by atoms with Gasteiger partial charge in [-0.25, -0.2) is 0 Å². The Morgan fingerprint density at radius 3 is 2.07 bits per heavy atom. The Bertz CT molecular complexity index is 1300. The van der Waals surface area contributed by atoms with Crippen LogP contribution < -0.4 is 14.9 Å². The van der Waals surface area contributed by atoms with Crippen LogP contribution in [0.25, 0.3) is 0 Å². The summed E-state index contributed by atoms with van der Waals surface area (Å²) in [6, 6.07) is 14.1. The molecular weight excluding hydrogens is 547 g/mol. The smallest absolute Gasteiger partial charge is 0.494 e. The Balaban J connectivity index is 0.000000628. The Kier molecular flexibility index (Phi) is 11.6. The molecule has 0 N–H and O–H groups in total. The molecule has 2 aliphatic heterocycles. The van der Waals surface area contributed by atoms with E-state index in [9.17, 15) is 14.4 Å². The molecular formula is C33H41BN2O7. The number of rotatable bonds is 8. The number of nitrogens with zero attached hydrogens (tertiary/aromatic N) is 2. The van der Waals surface area contributed by atoms with Gasteiger partial charge in [0.05, 0.1) is 13.1 Å². The molecule has 2 saturated heterocycles. The molecule has 1 unspecified atom stereocenters. The van der Waals surface area contributed by atoms with Gasteiger partial charge in [0.2, 0.25) is 0 Å². The number of likely N-dealkylation sites (tertiary alicyclic amines) is 1. The molecule has 0 aromatic heterocycles. The summed E-state index contributed by atoms with van der Waals surface area (Å²) >= 11 is 0. The second kappa shape index (κ2) is 15.5. The van der Waals surface area contributed by atoms with Gasteiger partial charge in [0.25, 0.3) is 0 Å². The third kappa shape index (κ3) is 9.30. The SMILES string of the molecule is CC/C=C(/Oc1ccc(C=O)cc1)C1=C(C)C(Oc2ccc(B3OC(=O)CN(C)CC(=O)O3)cc2)CC1.CN1CCCC1. The second-order valence-electron chi connectivity index (χ2n) is 11.1. The standard InChI is InChI=1S/C28H30BNO7.C5H11N/c1-4-5-26(35-22-10-6-20(18-31)7-11-22)24-14-15-25(19(24)2)34-23-12-8-21(9-13-23)29-36-27(32)16-30(3)17-28(33)37-29;1-6-4-2-3-5-6/h5-13,18,25H,4,14-17H2,1-3H3;2-5H2,1H3/b26-5+;. The van der Waals surface area contributed by atoms with Crippen LogP contribution in [-0.2, 0) is 18.9 Å². The van der Waals surface area contributed by atoms with Crippen molar-refractivity contribution in [3.8, 4) is 11.5 Å². The third-order valence-corrected chi connectivity index (χ3v) is 7.58. The molecule has 0 bridgehead atoms. The van der Waals surface area contributed by atoms with Crippen molar-refractivity contribution in [1.29, 1.82) is 0 Å². The van der Waals surface area contributed by atoms with E-state index in [-0.39, 0.29) is 19.2 Å². The number of hydrogen-bond acceptors (Lipinski definition) is 9. The first-order chi connectivity index (χ1) is 20.7. The van der Waals surface area contributed by atoms with Gasteiger partial charge in [-0.1, -0.05) is 19.1 Å². The maximum Gasteiger partial charge on any atom is 0.636 e. The number of allylic oxidation sites excluding steroid dienone is 2. The molecule has 10 heteroatoms. The highest BCUT2D eigenvalue weighted by molar-refractivity contribution is 6.64. The average molecular weight is 589 g/mol. The Hall–Kier alpha value is -3.89. The van der Waals surface area contributed by atoms with Crippen molar-refractivity contribution in [2.24, 2.45) is 0 Å². The number of benzene rings is 2. The third-order valence-electron chi connectivity index (χ3n) is 7.58. The van der Waals surface area contributed by atoms with Gasteiger partial charge in [-0.2, -0.15) is 0 Å². The van der Waals surface area contributed by atoms with Crippen molar-refractivity contribution in [2.45, 2.75) is 52.1 Å². The lowest BCUT2D eigenvalue weighted by molar-refractivity contribution is -0.145. The minimum Gasteiger partial charge on any atom is -0.494 e. The van der Waals surface area contributed by atoms with Crippen molar-refractivity contribution in [3.63, 3.8) is 0 Å². The fourth-order valence-electron chi connectivity index (χ4n) is 5.21. The van der Waals surface area contributed by atoms with Crippen molar-refractivity contribution >= 4 is 30.8 Å². The zero-order valence-electron chi connectivity index (χ0n) is 25.5. The zero-order valence-corrected chi connectivity index (χ0v) is 25.5. The van der Waals surface area contributed by atoms with Crippen LogP contribution in [0.5, 0.6) is 11.5 Å². The van der Waals surface area contributed by atoms with E-state index >= 15 is 0 Å². The normalized spacial score (nSPS) is 20.0. The van der Waals surface area contributed by atoms with Crippen molar-refractivity contribution < 1.29 is 33.2 Å². The molecule has 1 aliphatic carbocycles. The van der Waals surface area contributed by atoms with Crippen LogP contribution in [0, 0.1) is 0 Å². The highest BCUT2D eigenvalue weighted by Crippen LogP contribution is 2.35. The van der Waals surface area contributed by atoms with Crippen LogP contribution in [0.15, 0.2) is 71.5 Å². The first kappa shape index (κ1) is 32.0. The van der Waals surface area contributed by atoms with E-state index in [0.717, 1.165) is 42.5 Å². The van der Waals surface area contributed by atoms with E-state index < -0.39 is 19.1 Å². The molecule has 0 radical (unpaired) electrons. The lowest BCUT2D eigenvalue weighted by Gasteiger charge is -2.22. The number of ether oxygens (including phenoxy) is 2. The predicted molar refractivity (Wildman–Crippen MR) is 165 cm³/mol. The van der Waals surface area contributed by atoms with Gasteiger partial charge in [-0.3, -0.25) is 19.3 Å². The molecule has 2 fully saturated rings. The second-order valence-corrected chi connectivity index (χ2v) is 11.1. The van der Waals surface area contributed by atoms with Gasteiger partial charge in [0, 0.05) is 11.0 Å².